The van der Waals surface area contributed by atoms with E-state index in [1.165, 1.54) is 114 Å². The SMILES string of the molecule is c1ccc2c(c1)-c1ccc(N(c3ccc4ccccc4c3)c3cccc4c3-c3ccccc3C43C4CC5CC(C4)CC3C5)cc1C21C2CC3CC(C2)CC1C3. The van der Waals surface area contributed by atoms with Gasteiger partial charge in [0.15, 0.2) is 0 Å². The quantitative estimate of drug-likeness (QED) is 0.177. The first-order valence-electron chi connectivity index (χ1n) is 21.9. The van der Waals surface area contributed by atoms with Crippen LogP contribution in [0, 0.1) is 47.3 Å². The summed E-state index contributed by atoms with van der Waals surface area (Å²) >= 11 is 0. The van der Waals surface area contributed by atoms with Crippen LogP contribution in [-0.2, 0) is 10.8 Å². The minimum Gasteiger partial charge on any atom is -0.310 e. The van der Waals surface area contributed by atoms with Gasteiger partial charge in [-0.05, 0) is 192 Å². The predicted octanol–water partition coefficient (Wildman–Crippen LogP) is 13.8. The summed E-state index contributed by atoms with van der Waals surface area (Å²) in [5.74, 6) is 6.76. The first-order valence-corrected chi connectivity index (χ1v) is 21.9. The van der Waals surface area contributed by atoms with Gasteiger partial charge >= 0.3 is 0 Å². The van der Waals surface area contributed by atoms with Crippen molar-refractivity contribution in [3.8, 4) is 22.3 Å². The third-order valence-electron chi connectivity index (χ3n) is 17.6. The van der Waals surface area contributed by atoms with E-state index in [4.69, 9.17) is 0 Å². The van der Waals surface area contributed by atoms with Gasteiger partial charge in [-0.25, -0.2) is 0 Å². The summed E-state index contributed by atoms with van der Waals surface area (Å²) in [5, 5.41) is 2.61. The highest BCUT2D eigenvalue weighted by molar-refractivity contribution is 5.98. The van der Waals surface area contributed by atoms with Gasteiger partial charge in [0.05, 0.1) is 5.69 Å². The number of fused-ring (bicyclic) bond motifs is 7. The Morgan fingerprint density at radius 3 is 1.53 bits per heavy atom. The maximum Gasteiger partial charge on any atom is 0.0543 e. The number of rotatable bonds is 3. The summed E-state index contributed by atoms with van der Waals surface area (Å²) < 4.78 is 0. The molecule has 0 radical (unpaired) electrons. The van der Waals surface area contributed by atoms with Crippen molar-refractivity contribution >= 4 is 27.8 Å². The van der Waals surface area contributed by atoms with Crippen LogP contribution < -0.4 is 4.90 Å². The zero-order valence-electron chi connectivity index (χ0n) is 31.8. The second kappa shape index (κ2) is 10.6. The summed E-state index contributed by atoms with van der Waals surface area (Å²) in [6.45, 7) is 0. The van der Waals surface area contributed by atoms with Crippen LogP contribution in [0.15, 0.2) is 127 Å². The van der Waals surface area contributed by atoms with E-state index >= 15 is 0 Å². The molecule has 6 aromatic rings. The number of hydrogen-bond donors (Lipinski definition) is 0. The first kappa shape index (κ1) is 30.6. The van der Waals surface area contributed by atoms with Gasteiger partial charge in [-0.15, -0.1) is 0 Å². The molecule has 270 valence electrons. The van der Waals surface area contributed by atoms with E-state index in [0.29, 0.717) is 0 Å². The van der Waals surface area contributed by atoms with Gasteiger partial charge in [0.25, 0.3) is 0 Å². The fraction of sp³-hybridized carbons (Fsp3) is 0.370. The molecule has 55 heavy (non-hydrogen) atoms. The number of benzene rings is 6. The standard InChI is InChI=1S/C54H49N/c1-2-9-37-30-42(17-16-36(37)8-1)55(43-18-19-45-44-10-3-5-12-47(44)54(50(45)31-43)40-26-34-21-35(28-40)29-41(54)27-34)51-15-7-14-49-52(51)46-11-4-6-13-48(46)53(49)38-22-32-20-33(24-38)25-39(53)23-32/h1-19,30-35,38-41H,20-29H2. The summed E-state index contributed by atoms with van der Waals surface area (Å²) in [5.41, 5.74) is 16.8. The summed E-state index contributed by atoms with van der Waals surface area (Å²) in [6.07, 6.45) is 14.3. The third-order valence-corrected chi connectivity index (χ3v) is 17.6. The van der Waals surface area contributed by atoms with Crippen LogP contribution in [0.3, 0.4) is 0 Å². The Morgan fingerprint density at radius 2 is 0.855 bits per heavy atom. The molecule has 0 atom stereocenters. The van der Waals surface area contributed by atoms with Gasteiger partial charge in [0.2, 0.25) is 0 Å². The smallest absolute Gasteiger partial charge is 0.0543 e. The topological polar surface area (TPSA) is 3.24 Å². The zero-order chi connectivity index (χ0) is 35.6. The largest absolute Gasteiger partial charge is 0.310 e. The van der Waals surface area contributed by atoms with Crippen molar-refractivity contribution in [1.29, 1.82) is 0 Å². The number of nitrogens with zero attached hydrogens (tertiary/aromatic N) is 1. The lowest BCUT2D eigenvalue weighted by Crippen LogP contribution is -2.55. The van der Waals surface area contributed by atoms with E-state index in [1.54, 1.807) is 22.3 Å². The molecule has 8 fully saturated rings. The van der Waals surface area contributed by atoms with Gasteiger partial charge in [-0.2, -0.15) is 0 Å². The third kappa shape index (κ3) is 3.73. The molecule has 0 saturated heterocycles. The molecule has 0 heterocycles. The molecule has 0 unspecified atom stereocenters. The van der Waals surface area contributed by atoms with Crippen LogP contribution in [-0.4, -0.2) is 0 Å². The predicted molar refractivity (Wildman–Crippen MR) is 225 cm³/mol. The Bertz CT molecular complexity index is 2550. The van der Waals surface area contributed by atoms with E-state index in [9.17, 15) is 0 Å². The summed E-state index contributed by atoms with van der Waals surface area (Å²) in [6, 6.07) is 50.7. The maximum atomic E-state index is 2.71. The van der Waals surface area contributed by atoms with Crippen molar-refractivity contribution in [2.75, 3.05) is 4.90 Å². The zero-order valence-corrected chi connectivity index (χ0v) is 31.8. The molecule has 0 aromatic heterocycles. The Morgan fingerprint density at radius 1 is 0.364 bits per heavy atom. The average Bonchev–Trinajstić information content (AvgIpc) is 3.67. The highest BCUT2D eigenvalue weighted by Gasteiger charge is 2.63. The maximum absolute atomic E-state index is 2.71. The normalized spacial score (nSPS) is 34.7. The Hall–Kier alpha value is -4.62. The van der Waals surface area contributed by atoms with Gasteiger partial charge in [0.1, 0.15) is 0 Å². The van der Waals surface area contributed by atoms with E-state index in [0.717, 1.165) is 47.3 Å². The Kier molecular flexibility index (Phi) is 5.90. The summed E-state index contributed by atoms with van der Waals surface area (Å²) in [7, 11) is 0. The van der Waals surface area contributed by atoms with Gasteiger partial charge < -0.3 is 4.90 Å². The lowest BCUT2D eigenvalue weighted by atomic mass is 9.43. The molecule has 16 rings (SSSR count). The van der Waals surface area contributed by atoms with Crippen LogP contribution in [0.25, 0.3) is 33.0 Å². The molecule has 0 aliphatic heterocycles. The molecule has 6 aromatic carbocycles. The van der Waals surface area contributed by atoms with Crippen molar-refractivity contribution in [2.45, 2.75) is 75.0 Å². The van der Waals surface area contributed by atoms with Gasteiger partial charge in [-0.1, -0.05) is 97.1 Å². The second-order valence-corrected chi connectivity index (χ2v) is 19.7. The van der Waals surface area contributed by atoms with Crippen molar-refractivity contribution in [3.63, 3.8) is 0 Å². The van der Waals surface area contributed by atoms with Crippen LogP contribution in [0.4, 0.5) is 17.1 Å². The summed E-state index contributed by atoms with van der Waals surface area (Å²) in [4.78, 5) is 2.70. The molecule has 8 saturated carbocycles. The molecule has 2 spiro atoms. The van der Waals surface area contributed by atoms with Crippen LogP contribution in [0.5, 0.6) is 0 Å². The Labute approximate surface area is 325 Å². The number of anilines is 3. The molecule has 1 nitrogen and oxygen atoms in total. The minimum absolute atomic E-state index is 0.139. The van der Waals surface area contributed by atoms with E-state index in [2.05, 4.69) is 132 Å². The molecule has 8 bridgehead atoms. The van der Waals surface area contributed by atoms with Crippen LogP contribution >= 0.6 is 0 Å². The Balaban J connectivity index is 1.02. The molecular formula is C54H49N. The molecule has 0 amide bonds. The van der Waals surface area contributed by atoms with Gasteiger partial charge in [-0.3, -0.25) is 0 Å². The molecule has 10 aliphatic rings. The highest BCUT2D eigenvalue weighted by Crippen LogP contribution is 2.72. The highest BCUT2D eigenvalue weighted by atomic mass is 15.1. The van der Waals surface area contributed by atoms with Crippen LogP contribution in [0.2, 0.25) is 0 Å². The molecular weight excluding hydrogens is 663 g/mol. The number of hydrogen-bond acceptors (Lipinski definition) is 1. The van der Waals surface area contributed by atoms with Crippen molar-refractivity contribution in [3.05, 3.63) is 150 Å². The molecule has 10 aliphatic carbocycles. The van der Waals surface area contributed by atoms with Crippen molar-refractivity contribution in [1.82, 2.24) is 0 Å². The monoisotopic (exact) mass is 711 g/mol. The van der Waals surface area contributed by atoms with Crippen LogP contribution in [0.1, 0.15) is 86.5 Å². The van der Waals surface area contributed by atoms with Crippen molar-refractivity contribution < 1.29 is 0 Å². The second-order valence-electron chi connectivity index (χ2n) is 19.7. The first-order chi connectivity index (χ1) is 27.2. The van der Waals surface area contributed by atoms with Crippen molar-refractivity contribution in [2.24, 2.45) is 47.3 Å². The molecule has 0 N–H and O–H groups in total. The lowest BCUT2D eigenvalue weighted by molar-refractivity contribution is -0.0399. The van der Waals surface area contributed by atoms with E-state index in [1.807, 2.05) is 0 Å². The fourth-order valence-electron chi connectivity index (χ4n) is 16.4. The lowest BCUT2D eigenvalue weighted by Gasteiger charge is -2.61. The average molecular weight is 712 g/mol. The van der Waals surface area contributed by atoms with E-state index in [-0.39, 0.29) is 10.8 Å². The molecule has 1 heteroatoms. The van der Waals surface area contributed by atoms with E-state index < -0.39 is 0 Å². The van der Waals surface area contributed by atoms with Gasteiger partial charge in [0, 0.05) is 27.8 Å². The fourth-order valence-corrected chi connectivity index (χ4v) is 16.4. The minimum atomic E-state index is 0.139.